The van der Waals surface area contributed by atoms with E-state index in [9.17, 15) is 0 Å². The number of nitrogens with zero attached hydrogens (tertiary/aromatic N) is 1. The Labute approximate surface area is 124 Å². The number of para-hydroxylation sites is 1. The molecule has 3 N–H and O–H groups in total. The molecular weight excluding hydrogens is 258 g/mol. The second kappa shape index (κ2) is 4.08. The number of pyridine rings is 1. The molecule has 3 aromatic rings. The van der Waals surface area contributed by atoms with Crippen LogP contribution in [0.4, 0.5) is 0 Å². The molecule has 3 heteroatoms. The highest BCUT2D eigenvalue weighted by atomic mass is 14.8. The molecule has 0 spiro atoms. The zero-order chi connectivity index (χ0) is 14.8. The molecule has 2 aromatic heterocycles. The van der Waals surface area contributed by atoms with Gasteiger partial charge in [0.05, 0.1) is 11.2 Å². The Morgan fingerprint density at radius 3 is 2.86 bits per heavy atom. The molecule has 0 bridgehead atoms. The molecule has 0 fully saturated rings. The van der Waals surface area contributed by atoms with E-state index in [0.717, 1.165) is 24.1 Å². The smallest absolute Gasteiger partial charge is 0.0684 e. The summed E-state index contributed by atoms with van der Waals surface area (Å²) in [5.74, 6) is 0. The van der Waals surface area contributed by atoms with Crippen LogP contribution in [-0.2, 0) is 6.42 Å². The van der Waals surface area contributed by atoms with E-state index >= 15 is 0 Å². The highest BCUT2D eigenvalue weighted by Gasteiger charge is 2.33. The van der Waals surface area contributed by atoms with Crippen molar-refractivity contribution < 1.29 is 0 Å². The molecule has 1 atom stereocenters. The number of nitrogens with one attached hydrogen (secondary N) is 1. The van der Waals surface area contributed by atoms with Crippen LogP contribution in [0.1, 0.15) is 43.3 Å². The maximum atomic E-state index is 6.53. The number of aromatic amines is 1. The van der Waals surface area contributed by atoms with Crippen LogP contribution in [-0.4, -0.2) is 9.97 Å². The summed E-state index contributed by atoms with van der Waals surface area (Å²) in [6.45, 7) is 6.66. The Kier molecular flexibility index (Phi) is 2.49. The van der Waals surface area contributed by atoms with E-state index in [1.165, 1.54) is 27.5 Å². The summed E-state index contributed by atoms with van der Waals surface area (Å²) in [5, 5.41) is 2.56. The molecule has 1 aromatic carbocycles. The van der Waals surface area contributed by atoms with Crippen molar-refractivity contribution in [2.45, 2.75) is 39.7 Å². The van der Waals surface area contributed by atoms with Gasteiger partial charge in [-0.1, -0.05) is 32.0 Å². The minimum Gasteiger partial charge on any atom is -0.353 e. The largest absolute Gasteiger partial charge is 0.353 e. The average Bonchev–Trinajstić information content (AvgIpc) is 2.77. The van der Waals surface area contributed by atoms with Gasteiger partial charge >= 0.3 is 0 Å². The number of H-pyrrole nitrogens is 1. The molecule has 4 rings (SSSR count). The molecule has 21 heavy (non-hydrogen) atoms. The number of aromatic nitrogens is 2. The van der Waals surface area contributed by atoms with E-state index in [1.54, 1.807) is 0 Å². The summed E-state index contributed by atoms with van der Waals surface area (Å²) in [4.78, 5) is 8.39. The Morgan fingerprint density at radius 2 is 2.05 bits per heavy atom. The Bertz CT molecular complexity index is 858. The summed E-state index contributed by atoms with van der Waals surface area (Å²) < 4.78 is 0. The van der Waals surface area contributed by atoms with Gasteiger partial charge in [-0.15, -0.1) is 0 Å². The summed E-state index contributed by atoms with van der Waals surface area (Å²) in [7, 11) is 0. The summed E-state index contributed by atoms with van der Waals surface area (Å²) in [6, 6.07) is 8.53. The minimum absolute atomic E-state index is 0.0681. The third kappa shape index (κ3) is 1.80. The number of nitrogens with two attached hydrogens (primary N) is 1. The van der Waals surface area contributed by atoms with Gasteiger partial charge in [-0.3, -0.25) is 4.98 Å². The summed E-state index contributed by atoms with van der Waals surface area (Å²) in [5.41, 5.74) is 12.6. The van der Waals surface area contributed by atoms with Crippen molar-refractivity contribution in [1.82, 2.24) is 9.97 Å². The molecule has 1 aliphatic rings. The quantitative estimate of drug-likeness (QED) is 0.653. The van der Waals surface area contributed by atoms with Crippen molar-refractivity contribution in [3.8, 4) is 0 Å². The van der Waals surface area contributed by atoms with Crippen molar-refractivity contribution in [2.24, 2.45) is 11.1 Å². The molecule has 0 radical (unpaired) electrons. The van der Waals surface area contributed by atoms with Crippen LogP contribution in [0.5, 0.6) is 0 Å². The monoisotopic (exact) mass is 279 g/mol. The third-order valence-electron chi connectivity index (χ3n) is 4.74. The van der Waals surface area contributed by atoms with E-state index in [-0.39, 0.29) is 11.5 Å². The maximum Gasteiger partial charge on any atom is 0.0684 e. The number of fused-ring (bicyclic) bond motifs is 5. The standard InChI is InChI=1S/C18H21N3/c1-10-17-15(11-6-4-5-7-13(11)21-17)16-12(19)8-18(2,3)9-14(16)20-10/h4-7,12,21H,8-9,19H2,1-3H3/t12-/m1/s1. The lowest BCUT2D eigenvalue weighted by molar-refractivity contribution is 0.280. The molecule has 108 valence electrons. The number of hydrogen-bond acceptors (Lipinski definition) is 2. The molecule has 0 amide bonds. The van der Waals surface area contributed by atoms with E-state index < -0.39 is 0 Å². The van der Waals surface area contributed by atoms with Crippen LogP contribution < -0.4 is 5.73 Å². The van der Waals surface area contributed by atoms with E-state index in [4.69, 9.17) is 10.7 Å². The van der Waals surface area contributed by atoms with Crippen molar-refractivity contribution in [1.29, 1.82) is 0 Å². The van der Waals surface area contributed by atoms with Gasteiger partial charge in [0.2, 0.25) is 0 Å². The van der Waals surface area contributed by atoms with Crippen LogP contribution in [0.25, 0.3) is 21.8 Å². The highest BCUT2D eigenvalue weighted by Crippen LogP contribution is 2.43. The summed E-state index contributed by atoms with van der Waals surface area (Å²) >= 11 is 0. The molecule has 2 heterocycles. The first kappa shape index (κ1) is 12.8. The van der Waals surface area contributed by atoms with Crippen LogP contribution in [0, 0.1) is 12.3 Å². The zero-order valence-electron chi connectivity index (χ0n) is 12.8. The van der Waals surface area contributed by atoms with E-state index in [2.05, 4.69) is 50.0 Å². The van der Waals surface area contributed by atoms with Crippen LogP contribution in [0.3, 0.4) is 0 Å². The lowest BCUT2D eigenvalue weighted by Gasteiger charge is -2.35. The van der Waals surface area contributed by atoms with Gasteiger partial charge in [0.15, 0.2) is 0 Å². The average molecular weight is 279 g/mol. The van der Waals surface area contributed by atoms with Crippen molar-refractivity contribution in [3.63, 3.8) is 0 Å². The fourth-order valence-electron chi connectivity index (χ4n) is 3.91. The van der Waals surface area contributed by atoms with E-state index in [0.29, 0.717) is 0 Å². The SMILES string of the molecule is Cc1nc2c(c3c1[nH]c1ccccc13)[C@H](N)CC(C)(C)C2. The van der Waals surface area contributed by atoms with Crippen LogP contribution in [0.2, 0.25) is 0 Å². The van der Waals surface area contributed by atoms with Gasteiger partial charge in [0, 0.05) is 33.6 Å². The lowest BCUT2D eigenvalue weighted by Crippen LogP contribution is -2.31. The Balaban J connectivity index is 2.15. The number of aryl methyl sites for hydroxylation is 1. The van der Waals surface area contributed by atoms with Gasteiger partial charge in [0.1, 0.15) is 0 Å². The molecule has 0 saturated carbocycles. The predicted octanol–water partition coefficient (Wildman–Crippen LogP) is 4.00. The Morgan fingerprint density at radius 1 is 1.29 bits per heavy atom. The van der Waals surface area contributed by atoms with Crippen molar-refractivity contribution in [3.05, 3.63) is 41.2 Å². The predicted molar refractivity (Wildman–Crippen MR) is 87.4 cm³/mol. The van der Waals surface area contributed by atoms with Gasteiger partial charge in [-0.25, -0.2) is 0 Å². The first-order valence-corrected chi connectivity index (χ1v) is 7.62. The zero-order valence-corrected chi connectivity index (χ0v) is 12.8. The fourth-order valence-corrected chi connectivity index (χ4v) is 3.91. The molecule has 0 saturated heterocycles. The number of rotatable bonds is 0. The molecule has 3 nitrogen and oxygen atoms in total. The molecule has 1 aliphatic carbocycles. The second-order valence-electron chi connectivity index (χ2n) is 7.13. The second-order valence-corrected chi connectivity index (χ2v) is 7.13. The third-order valence-corrected chi connectivity index (χ3v) is 4.74. The van der Waals surface area contributed by atoms with Gasteiger partial charge in [-0.05, 0) is 31.2 Å². The van der Waals surface area contributed by atoms with Crippen LogP contribution in [0.15, 0.2) is 24.3 Å². The molecule has 0 aliphatic heterocycles. The minimum atomic E-state index is 0.0681. The maximum absolute atomic E-state index is 6.53. The fraction of sp³-hybridized carbons (Fsp3) is 0.389. The molecule has 0 unspecified atom stereocenters. The summed E-state index contributed by atoms with van der Waals surface area (Å²) in [6.07, 6.45) is 2.02. The van der Waals surface area contributed by atoms with Gasteiger partial charge in [0.25, 0.3) is 0 Å². The lowest BCUT2D eigenvalue weighted by atomic mass is 9.73. The highest BCUT2D eigenvalue weighted by molar-refractivity contribution is 6.10. The number of benzene rings is 1. The first-order chi connectivity index (χ1) is 9.96. The van der Waals surface area contributed by atoms with E-state index in [1.807, 2.05) is 0 Å². The topological polar surface area (TPSA) is 54.7 Å². The van der Waals surface area contributed by atoms with Gasteiger partial charge in [-0.2, -0.15) is 0 Å². The van der Waals surface area contributed by atoms with Crippen molar-refractivity contribution >= 4 is 21.8 Å². The van der Waals surface area contributed by atoms with Crippen molar-refractivity contribution in [2.75, 3.05) is 0 Å². The van der Waals surface area contributed by atoms with Gasteiger partial charge < -0.3 is 10.7 Å². The first-order valence-electron chi connectivity index (χ1n) is 7.62. The Hall–Kier alpha value is -1.87. The normalized spacial score (nSPS) is 20.9. The molecular formula is C18H21N3. The number of hydrogen-bond donors (Lipinski definition) is 2. The van der Waals surface area contributed by atoms with Crippen LogP contribution >= 0.6 is 0 Å².